The van der Waals surface area contributed by atoms with Gasteiger partial charge in [-0.2, -0.15) is 0 Å². The first-order valence-corrected chi connectivity index (χ1v) is 8.30. The average molecular weight is 304 g/mol. The summed E-state index contributed by atoms with van der Waals surface area (Å²) in [6.07, 6.45) is 7.48. The maximum atomic E-state index is 5.63. The van der Waals surface area contributed by atoms with Crippen LogP contribution in [-0.2, 0) is 6.42 Å². The van der Waals surface area contributed by atoms with Gasteiger partial charge in [0.25, 0.3) is 0 Å². The molecule has 0 atom stereocenters. The minimum atomic E-state index is 0.614. The normalized spacial score (nSPS) is 10.3. The molecular weight excluding hydrogens is 280 g/mol. The zero-order valence-electron chi connectivity index (χ0n) is 14.0. The van der Waals surface area contributed by atoms with Crippen LogP contribution in [0.15, 0.2) is 60.7 Å². The van der Waals surface area contributed by atoms with Gasteiger partial charge in [-0.3, -0.25) is 0 Å². The highest BCUT2D eigenvalue weighted by Gasteiger charge is 1.93. The predicted molar refractivity (Wildman–Crippen MR) is 97.8 cm³/mol. The van der Waals surface area contributed by atoms with Crippen molar-refractivity contribution in [2.24, 2.45) is 0 Å². The molecule has 0 spiro atoms. The summed E-state index contributed by atoms with van der Waals surface area (Å²) in [6, 6.07) is 16.4. The summed E-state index contributed by atoms with van der Waals surface area (Å²) in [7, 11) is 0. The lowest BCUT2D eigenvalue weighted by molar-refractivity contribution is 0.362. The zero-order valence-corrected chi connectivity index (χ0v) is 14.0. The number of benzene rings is 2. The van der Waals surface area contributed by atoms with Crippen molar-refractivity contribution in [1.29, 1.82) is 0 Å². The van der Waals surface area contributed by atoms with E-state index in [1.165, 1.54) is 12.0 Å². The fraction of sp³-hybridized carbons (Fsp3) is 0.273. The van der Waals surface area contributed by atoms with Crippen LogP contribution < -0.4 is 4.74 Å². The minimum Gasteiger partial charge on any atom is -0.490 e. The van der Waals surface area contributed by atoms with Crippen molar-refractivity contribution in [2.45, 2.75) is 33.1 Å². The SMILES string of the molecule is CCC=CCOc1ccc(C#Cc2ccc(CCC)cc2)cc1. The summed E-state index contributed by atoms with van der Waals surface area (Å²) in [5, 5.41) is 0. The van der Waals surface area contributed by atoms with E-state index in [0.29, 0.717) is 6.61 Å². The van der Waals surface area contributed by atoms with Crippen molar-refractivity contribution in [3.8, 4) is 17.6 Å². The second kappa shape index (κ2) is 9.54. The van der Waals surface area contributed by atoms with Gasteiger partial charge in [0.1, 0.15) is 12.4 Å². The predicted octanol–water partition coefficient (Wildman–Crippen LogP) is 5.38. The number of rotatable bonds is 6. The molecule has 0 aliphatic rings. The van der Waals surface area contributed by atoms with Gasteiger partial charge in [0, 0.05) is 11.1 Å². The molecule has 0 aromatic heterocycles. The van der Waals surface area contributed by atoms with Gasteiger partial charge in [-0.15, -0.1) is 0 Å². The van der Waals surface area contributed by atoms with Crippen molar-refractivity contribution in [3.63, 3.8) is 0 Å². The lowest BCUT2D eigenvalue weighted by atomic mass is 10.1. The molecular formula is C22H24O. The van der Waals surface area contributed by atoms with Gasteiger partial charge < -0.3 is 4.74 Å². The first-order valence-electron chi connectivity index (χ1n) is 8.30. The minimum absolute atomic E-state index is 0.614. The van der Waals surface area contributed by atoms with Crippen molar-refractivity contribution in [2.75, 3.05) is 6.61 Å². The molecule has 2 rings (SSSR count). The van der Waals surface area contributed by atoms with E-state index in [1.54, 1.807) is 0 Å². The van der Waals surface area contributed by atoms with Crippen LogP contribution in [0.2, 0.25) is 0 Å². The molecule has 1 heteroatoms. The lowest BCUT2D eigenvalue weighted by Crippen LogP contribution is -1.92. The fourth-order valence-corrected chi connectivity index (χ4v) is 2.20. The van der Waals surface area contributed by atoms with Crippen LogP contribution in [0.25, 0.3) is 0 Å². The zero-order chi connectivity index (χ0) is 16.3. The Morgan fingerprint density at radius 2 is 1.43 bits per heavy atom. The molecule has 2 aromatic carbocycles. The van der Waals surface area contributed by atoms with E-state index in [4.69, 9.17) is 4.74 Å². The molecule has 0 heterocycles. The van der Waals surface area contributed by atoms with Crippen LogP contribution in [0.1, 0.15) is 43.4 Å². The number of hydrogen-bond acceptors (Lipinski definition) is 1. The van der Waals surface area contributed by atoms with E-state index in [-0.39, 0.29) is 0 Å². The van der Waals surface area contributed by atoms with E-state index >= 15 is 0 Å². The van der Waals surface area contributed by atoms with Crippen LogP contribution in [-0.4, -0.2) is 6.61 Å². The first-order chi connectivity index (χ1) is 11.3. The van der Waals surface area contributed by atoms with Gasteiger partial charge in [-0.25, -0.2) is 0 Å². The highest BCUT2D eigenvalue weighted by molar-refractivity contribution is 5.44. The highest BCUT2D eigenvalue weighted by Crippen LogP contribution is 2.12. The van der Waals surface area contributed by atoms with E-state index < -0.39 is 0 Å². The van der Waals surface area contributed by atoms with Crippen molar-refractivity contribution < 1.29 is 4.74 Å². The molecule has 0 saturated carbocycles. The van der Waals surface area contributed by atoms with Gasteiger partial charge in [0.15, 0.2) is 0 Å². The van der Waals surface area contributed by atoms with E-state index in [9.17, 15) is 0 Å². The summed E-state index contributed by atoms with van der Waals surface area (Å²) in [5.74, 6) is 7.28. The Morgan fingerprint density at radius 3 is 2.00 bits per heavy atom. The average Bonchev–Trinajstić information content (AvgIpc) is 2.59. The van der Waals surface area contributed by atoms with Gasteiger partial charge in [-0.1, -0.05) is 56.4 Å². The molecule has 0 unspecified atom stereocenters. The number of ether oxygens (including phenoxy) is 1. The molecule has 118 valence electrons. The molecule has 0 aliphatic heterocycles. The summed E-state index contributed by atoms with van der Waals surface area (Å²) in [6.45, 7) is 4.92. The van der Waals surface area contributed by atoms with Gasteiger partial charge in [0.2, 0.25) is 0 Å². The Labute approximate surface area is 140 Å². The molecule has 0 bridgehead atoms. The number of allylic oxidation sites excluding steroid dienone is 1. The third-order valence-corrected chi connectivity index (χ3v) is 3.45. The summed E-state index contributed by atoms with van der Waals surface area (Å²) < 4.78 is 5.63. The Morgan fingerprint density at radius 1 is 0.826 bits per heavy atom. The molecule has 23 heavy (non-hydrogen) atoms. The summed E-state index contributed by atoms with van der Waals surface area (Å²) in [5.41, 5.74) is 3.42. The monoisotopic (exact) mass is 304 g/mol. The fourth-order valence-electron chi connectivity index (χ4n) is 2.20. The Hall–Kier alpha value is -2.46. The molecule has 0 N–H and O–H groups in total. The van der Waals surface area contributed by atoms with Crippen LogP contribution >= 0.6 is 0 Å². The third kappa shape index (κ3) is 6.04. The third-order valence-electron chi connectivity index (χ3n) is 3.45. The van der Waals surface area contributed by atoms with Gasteiger partial charge in [-0.05, 0) is 54.8 Å². The lowest BCUT2D eigenvalue weighted by Gasteiger charge is -2.02. The van der Waals surface area contributed by atoms with Gasteiger partial charge >= 0.3 is 0 Å². The topological polar surface area (TPSA) is 9.23 Å². The Balaban J connectivity index is 1.94. The number of hydrogen-bond donors (Lipinski definition) is 0. The molecule has 0 saturated heterocycles. The maximum Gasteiger partial charge on any atom is 0.119 e. The smallest absolute Gasteiger partial charge is 0.119 e. The van der Waals surface area contributed by atoms with Crippen molar-refractivity contribution in [1.82, 2.24) is 0 Å². The van der Waals surface area contributed by atoms with Crippen molar-refractivity contribution >= 4 is 0 Å². The summed E-state index contributed by atoms with van der Waals surface area (Å²) in [4.78, 5) is 0. The van der Waals surface area contributed by atoms with Crippen molar-refractivity contribution in [3.05, 3.63) is 77.4 Å². The van der Waals surface area contributed by atoms with Crippen LogP contribution in [0.5, 0.6) is 5.75 Å². The van der Waals surface area contributed by atoms with Crippen LogP contribution in [0, 0.1) is 11.8 Å². The maximum absolute atomic E-state index is 5.63. The second-order valence-electron chi connectivity index (χ2n) is 5.41. The largest absolute Gasteiger partial charge is 0.490 e. The Kier molecular flexibility index (Phi) is 7.01. The quantitative estimate of drug-likeness (QED) is 0.514. The van der Waals surface area contributed by atoms with E-state index in [1.807, 2.05) is 30.3 Å². The number of aryl methyl sites for hydroxylation is 1. The molecule has 0 fully saturated rings. The molecule has 1 nitrogen and oxygen atoms in total. The molecule has 0 aliphatic carbocycles. The van der Waals surface area contributed by atoms with E-state index in [2.05, 4.69) is 56.0 Å². The second-order valence-corrected chi connectivity index (χ2v) is 5.41. The summed E-state index contributed by atoms with van der Waals surface area (Å²) >= 11 is 0. The highest BCUT2D eigenvalue weighted by atomic mass is 16.5. The molecule has 0 amide bonds. The standard InChI is InChI=1S/C22H24O/c1-3-5-6-18-23-22-16-14-21(15-17-22)13-12-20-10-8-19(7-4-2)9-11-20/h5-6,8-11,14-17H,3-4,7,18H2,1-2H3. The van der Waals surface area contributed by atoms with Gasteiger partial charge in [0.05, 0.1) is 0 Å². The molecule has 0 radical (unpaired) electrons. The molecule has 2 aromatic rings. The van der Waals surface area contributed by atoms with E-state index in [0.717, 1.165) is 29.7 Å². The Bertz CT molecular complexity index is 667. The van der Waals surface area contributed by atoms with Crippen LogP contribution in [0.3, 0.4) is 0 Å². The van der Waals surface area contributed by atoms with Crippen LogP contribution in [0.4, 0.5) is 0 Å². The first kappa shape index (κ1) is 16.9.